The van der Waals surface area contributed by atoms with Crippen molar-refractivity contribution in [1.82, 2.24) is 10.6 Å². The molecule has 0 fully saturated rings. The summed E-state index contributed by atoms with van der Waals surface area (Å²) in [5.74, 6) is -0.910. The second-order valence-corrected chi connectivity index (χ2v) is 10.7. The lowest BCUT2D eigenvalue weighted by molar-refractivity contribution is -0.116. The second-order valence-electron chi connectivity index (χ2n) is 10.7. The third-order valence-electron chi connectivity index (χ3n) is 7.25. The number of amides is 2. The van der Waals surface area contributed by atoms with Gasteiger partial charge in [-0.05, 0) is 43.8 Å². The van der Waals surface area contributed by atoms with Crippen LogP contribution in [-0.4, -0.2) is 68.1 Å². The molecule has 0 aromatic heterocycles. The van der Waals surface area contributed by atoms with E-state index < -0.39 is 30.5 Å². The number of nitrogens with one attached hydrogen (secondary N) is 2. The summed E-state index contributed by atoms with van der Waals surface area (Å²) in [5, 5.41) is 17.3. The smallest absolute Gasteiger partial charge is 0.405 e. The molecule has 10 nitrogen and oxygen atoms in total. The molecule has 0 radical (unpaired) electrons. The van der Waals surface area contributed by atoms with E-state index in [1.807, 2.05) is 19.9 Å². The van der Waals surface area contributed by atoms with Gasteiger partial charge in [0.2, 0.25) is 5.78 Å². The van der Waals surface area contributed by atoms with Gasteiger partial charge in [0.25, 0.3) is 5.91 Å². The van der Waals surface area contributed by atoms with Crippen molar-refractivity contribution in [3.05, 3.63) is 71.1 Å². The maximum atomic E-state index is 13.1. The van der Waals surface area contributed by atoms with Gasteiger partial charge < -0.3 is 35.7 Å². The average molecular weight is 572 g/mol. The molecule has 0 aromatic rings. The Morgan fingerprint density at radius 2 is 1.95 bits per heavy atom. The van der Waals surface area contributed by atoms with E-state index in [-0.39, 0.29) is 23.5 Å². The number of rotatable bonds is 6. The summed E-state index contributed by atoms with van der Waals surface area (Å²) in [6, 6.07) is 0. The lowest BCUT2D eigenvalue weighted by atomic mass is 9.85. The van der Waals surface area contributed by atoms with Crippen molar-refractivity contribution < 1.29 is 33.7 Å². The number of hydrogen-bond donors (Lipinski definition) is 4. The van der Waals surface area contributed by atoms with Gasteiger partial charge >= 0.3 is 6.09 Å². The summed E-state index contributed by atoms with van der Waals surface area (Å²) in [4.78, 5) is 37.7. The number of primary amides is 1. The zero-order valence-electron chi connectivity index (χ0n) is 24.9. The maximum absolute atomic E-state index is 13.1. The van der Waals surface area contributed by atoms with Crippen molar-refractivity contribution in [3.8, 4) is 0 Å². The molecule has 2 rings (SSSR count). The van der Waals surface area contributed by atoms with E-state index in [0.29, 0.717) is 48.3 Å². The molecular weight excluding hydrogens is 526 g/mol. The number of aliphatic hydroxyl groups excluding tert-OH is 1. The van der Waals surface area contributed by atoms with E-state index in [2.05, 4.69) is 17.2 Å². The summed E-state index contributed by atoms with van der Waals surface area (Å²) in [6.07, 6.45) is 7.34. The topological polar surface area (TPSA) is 149 Å². The molecule has 10 heteroatoms. The number of nitrogens with two attached hydrogens (primary N) is 1. The first-order valence-electron chi connectivity index (χ1n) is 13.8. The molecule has 0 saturated heterocycles. The highest BCUT2D eigenvalue weighted by molar-refractivity contribution is 6.06. The fourth-order valence-corrected chi connectivity index (χ4v) is 5.11. The van der Waals surface area contributed by atoms with Crippen molar-refractivity contribution in [2.45, 2.75) is 71.4 Å². The minimum absolute atomic E-state index is 0.0296. The minimum Gasteiger partial charge on any atom is -0.439 e. The van der Waals surface area contributed by atoms with E-state index in [9.17, 15) is 19.5 Å². The Kier molecular flexibility index (Phi) is 13.2. The molecule has 0 aromatic carbocycles. The van der Waals surface area contributed by atoms with Crippen LogP contribution in [0.4, 0.5) is 4.79 Å². The Morgan fingerprint density at radius 3 is 2.56 bits per heavy atom. The zero-order chi connectivity index (χ0) is 30.7. The Labute approximate surface area is 243 Å². The molecule has 6 atom stereocenters. The quantitative estimate of drug-likeness (QED) is 0.355. The summed E-state index contributed by atoms with van der Waals surface area (Å²) in [5.41, 5.74) is 8.26. The van der Waals surface area contributed by atoms with E-state index in [4.69, 9.17) is 19.9 Å². The van der Waals surface area contributed by atoms with Crippen LogP contribution < -0.4 is 16.4 Å². The highest BCUT2D eigenvalue weighted by Crippen LogP contribution is 2.30. The number of hydrogen-bond acceptors (Lipinski definition) is 8. The van der Waals surface area contributed by atoms with Gasteiger partial charge in [0.15, 0.2) is 6.10 Å². The number of fused-ring (bicyclic) bond motifs is 2. The minimum atomic E-state index is -0.968. The summed E-state index contributed by atoms with van der Waals surface area (Å²) >= 11 is 0. The number of ketones is 1. The molecule has 1 aliphatic carbocycles. The normalized spacial score (nSPS) is 32.0. The SMILES string of the molecule is C=CCNC1=C2CC(=CC1=O)NC(=O)/C(C)=C/C=C\C(OC)C(OC(N)=O)/C(C)=C/C(C)C(O)C(OC)CC(C)C2. The van der Waals surface area contributed by atoms with Gasteiger partial charge in [-0.25, -0.2) is 4.79 Å². The number of aliphatic hydroxyl groups is 1. The summed E-state index contributed by atoms with van der Waals surface area (Å²) in [6.45, 7) is 11.5. The van der Waals surface area contributed by atoms with E-state index in [1.165, 1.54) is 13.2 Å². The molecule has 2 amide bonds. The largest absolute Gasteiger partial charge is 0.439 e. The first-order chi connectivity index (χ1) is 19.4. The molecule has 2 aliphatic rings. The predicted octanol–water partition coefficient (Wildman–Crippen LogP) is 3.36. The van der Waals surface area contributed by atoms with E-state index in [1.54, 1.807) is 45.3 Å². The molecule has 1 aliphatic heterocycles. The highest BCUT2D eigenvalue weighted by atomic mass is 16.6. The lowest BCUT2D eigenvalue weighted by Gasteiger charge is -2.30. The number of methoxy groups -OCH3 is 2. The van der Waals surface area contributed by atoms with Crippen LogP contribution in [0.5, 0.6) is 0 Å². The summed E-state index contributed by atoms with van der Waals surface area (Å²) < 4.78 is 16.7. The monoisotopic (exact) mass is 571 g/mol. The first kappa shape index (κ1) is 33.7. The number of carbonyl (C=O) groups excluding carboxylic acids is 3. The Balaban J connectivity index is 2.56. The third-order valence-corrected chi connectivity index (χ3v) is 7.25. The molecule has 0 spiro atoms. The van der Waals surface area contributed by atoms with Crippen molar-refractivity contribution >= 4 is 17.8 Å². The third kappa shape index (κ3) is 9.84. The van der Waals surface area contributed by atoms with Crippen molar-refractivity contribution in [2.75, 3.05) is 20.8 Å². The Hall–Kier alpha value is -3.47. The molecule has 0 saturated carbocycles. The van der Waals surface area contributed by atoms with Crippen LogP contribution in [0.2, 0.25) is 0 Å². The molecule has 41 heavy (non-hydrogen) atoms. The molecule has 1 heterocycles. The van der Waals surface area contributed by atoms with Crippen molar-refractivity contribution in [2.24, 2.45) is 17.6 Å². The van der Waals surface area contributed by atoms with Gasteiger partial charge in [-0.15, -0.1) is 6.58 Å². The Morgan fingerprint density at radius 1 is 1.24 bits per heavy atom. The number of ether oxygens (including phenoxy) is 3. The standard InChI is InChI=1S/C31H45N3O7/c1-8-12-33-27-22-13-18(2)14-26(40-7)28(36)20(4)15-21(5)29(41-31(32)38)25(39-6)11-9-10-19(3)30(37)34-23(16-22)17-24(27)35/h8-11,15,17-18,20,25-26,28-29,33,36H,1,12-14,16H2,2-7H3,(H2,32,38)(H,34,37)/b11-9-,19-10+,21-15+. The van der Waals surface area contributed by atoms with Crippen LogP contribution in [0.3, 0.4) is 0 Å². The van der Waals surface area contributed by atoms with Crippen molar-refractivity contribution in [3.63, 3.8) is 0 Å². The fourth-order valence-electron chi connectivity index (χ4n) is 5.11. The van der Waals surface area contributed by atoms with Gasteiger partial charge in [0.1, 0.15) is 6.10 Å². The highest BCUT2D eigenvalue weighted by Gasteiger charge is 2.30. The van der Waals surface area contributed by atoms with Crippen molar-refractivity contribution in [1.29, 1.82) is 0 Å². The van der Waals surface area contributed by atoms with Gasteiger partial charge in [-0.2, -0.15) is 0 Å². The number of allylic oxidation sites excluding steroid dienone is 4. The molecule has 226 valence electrons. The van der Waals surface area contributed by atoms with E-state index in [0.717, 1.165) is 5.57 Å². The summed E-state index contributed by atoms with van der Waals surface area (Å²) in [7, 11) is 3.02. The zero-order valence-corrected chi connectivity index (χ0v) is 24.9. The molecule has 2 bridgehead atoms. The Bertz CT molecular complexity index is 1130. The second kappa shape index (κ2) is 16.1. The van der Waals surface area contributed by atoms with Crippen LogP contribution >= 0.6 is 0 Å². The van der Waals surface area contributed by atoms with E-state index >= 15 is 0 Å². The van der Waals surface area contributed by atoms with Gasteiger partial charge in [0, 0.05) is 50.4 Å². The molecule has 6 unspecified atom stereocenters. The van der Waals surface area contributed by atoms with Crippen LogP contribution in [-0.2, 0) is 23.8 Å². The average Bonchev–Trinajstić information content (AvgIpc) is 2.91. The van der Waals surface area contributed by atoms with Crippen LogP contribution in [0.25, 0.3) is 0 Å². The predicted molar refractivity (Wildman–Crippen MR) is 157 cm³/mol. The molecular formula is C31H45N3O7. The van der Waals surface area contributed by atoms with Crippen LogP contribution in [0.15, 0.2) is 71.1 Å². The van der Waals surface area contributed by atoms with Gasteiger partial charge in [-0.3, -0.25) is 9.59 Å². The van der Waals surface area contributed by atoms with Gasteiger partial charge in [0.05, 0.1) is 17.9 Å². The van der Waals surface area contributed by atoms with Gasteiger partial charge in [-0.1, -0.05) is 44.2 Å². The maximum Gasteiger partial charge on any atom is 0.405 e. The fraction of sp³-hybridized carbons (Fsp3) is 0.516. The molecule has 5 N–H and O–H groups in total. The van der Waals surface area contributed by atoms with Crippen LogP contribution in [0, 0.1) is 11.8 Å². The van der Waals surface area contributed by atoms with Crippen LogP contribution in [0.1, 0.15) is 47.0 Å². The number of carbonyl (C=O) groups is 3. The lowest BCUT2D eigenvalue weighted by Crippen LogP contribution is -2.37. The first-order valence-corrected chi connectivity index (χ1v) is 13.8.